The van der Waals surface area contributed by atoms with Crippen LogP contribution in [-0.4, -0.2) is 17.1 Å². The molecule has 0 saturated carbocycles. The van der Waals surface area contributed by atoms with Gasteiger partial charge in [-0.25, -0.2) is 4.90 Å². The molecule has 3 rings (SSSR count). The molecule has 0 radical (unpaired) electrons. The first-order valence-electron chi connectivity index (χ1n) is 7.91. The van der Waals surface area contributed by atoms with Gasteiger partial charge in [-0.15, -0.1) is 11.8 Å². The number of carbonyl (C=O) groups is 2. The molecule has 0 spiro atoms. The van der Waals surface area contributed by atoms with Crippen LogP contribution in [0.25, 0.3) is 5.57 Å². The number of aryl methyl sites for hydroxylation is 1. The Bertz CT molecular complexity index is 807. The van der Waals surface area contributed by atoms with Gasteiger partial charge >= 0.3 is 0 Å². The van der Waals surface area contributed by atoms with Crippen LogP contribution >= 0.6 is 11.8 Å². The number of benzene rings is 2. The molecule has 0 aliphatic carbocycles. The van der Waals surface area contributed by atoms with E-state index >= 15 is 0 Å². The molecule has 0 fully saturated rings. The first-order chi connectivity index (χ1) is 11.5. The monoisotopic (exact) mass is 337 g/mol. The number of carbonyl (C=O) groups excluding carboxylic acids is 2. The van der Waals surface area contributed by atoms with E-state index in [0.717, 1.165) is 11.1 Å². The van der Waals surface area contributed by atoms with E-state index in [-0.39, 0.29) is 17.1 Å². The Morgan fingerprint density at radius 1 is 0.875 bits per heavy atom. The highest BCUT2D eigenvalue weighted by atomic mass is 32.2. The van der Waals surface area contributed by atoms with E-state index < -0.39 is 0 Å². The molecule has 0 saturated heterocycles. The maximum absolute atomic E-state index is 13.0. The number of imide groups is 1. The molecule has 0 aromatic heterocycles. The molecule has 0 bridgehead atoms. The van der Waals surface area contributed by atoms with Crippen LogP contribution in [0.15, 0.2) is 59.5 Å². The van der Waals surface area contributed by atoms with Crippen LogP contribution in [0.1, 0.15) is 25.0 Å². The molecular formula is C20H19NO2S. The van der Waals surface area contributed by atoms with Crippen molar-refractivity contribution in [2.75, 3.05) is 4.90 Å². The number of thioether (sulfide) groups is 1. The second-order valence-corrected chi connectivity index (χ2v) is 7.60. The molecule has 3 nitrogen and oxygen atoms in total. The smallest absolute Gasteiger partial charge is 0.268 e. The first-order valence-corrected chi connectivity index (χ1v) is 8.79. The van der Waals surface area contributed by atoms with Crippen LogP contribution in [0.4, 0.5) is 5.69 Å². The Morgan fingerprint density at radius 2 is 1.50 bits per heavy atom. The predicted octanol–water partition coefficient (Wildman–Crippen LogP) is 4.42. The molecular weight excluding hydrogens is 318 g/mol. The molecule has 2 aromatic carbocycles. The van der Waals surface area contributed by atoms with Gasteiger partial charge in [0.15, 0.2) is 0 Å². The average Bonchev–Trinajstić information content (AvgIpc) is 2.79. The second kappa shape index (κ2) is 6.65. The van der Waals surface area contributed by atoms with Gasteiger partial charge in [0.25, 0.3) is 11.8 Å². The lowest BCUT2D eigenvalue weighted by Crippen LogP contribution is -2.31. The van der Waals surface area contributed by atoms with Crippen LogP contribution in [0.3, 0.4) is 0 Å². The van der Waals surface area contributed by atoms with Crippen LogP contribution < -0.4 is 4.90 Å². The van der Waals surface area contributed by atoms with E-state index in [9.17, 15) is 9.59 Å². The molecule has 1 aliphatic rings. The van der Waals surface area contributed by atoms with Crippen molar-refractivity contribution in [1.29, 1.82) is 0 Å². The highest BCUT2D eigenvalue weighted by Gasteiger charge is 2.40. The van der Waals surface area contributed by atoms with E-state index in [4.69, 9.17) is 0 Å². The van der Waals surface area contributed by atoms with Gasteiger partial charge in [0.05, 0.1) is 16.2 Å². The molecule has 2 aromatic rings. The minimum Gasteiger partial charge on any atom is -0.268 e. The number of anilines is 1. The van der Waals surface area contributed by atoms with Crippen molar-refractivity contribution in [2.24, 2.45) is 0 Å². The lowest BCUT2D eigenvalue weighted by atomic mass is 10.0. The third kappa shape index (κ3) is 3.02. The Morgan fingerprint density at radius 3 is 2.08 bits per heavy atom. The van der Waals surface area contributed by atoms with Crippen LogP contribution in [-0.2, 0) is 9.59 Å². The SMILES string of the molecule is Cc1ccc(C2=C(SC(C)C)C(=O)N(c3ccccc3)C2=O)cc1. The number of hydrogen-bond acceptors (Lipinski definition) is 3. The predicted molar refractivity (Wildman–Crippen MR) is 99.8 cm³/mol. The molecule has 0 unspecified atom stereocenters. The van der Waals surface area contributed by atoms with Gasteiger partial charge in [0, 0.05) is 5.25 Å². The van der Waals surface area contributed by atoms with Gasteiger partial charge < -0.3 is 0 Å². The fourth-order valence-corrected chi connectivity index (χ4v) is 3.63. The van der Waals surface area contributed by atoms with Gasteiger partial charge in [-0.2, -0.15) is 0 Å². The topological polar surface area (TPSA) is 37.4 Å². The average molecular weight is 337 g/mol. The van der Waals surface area contributed by atoms with E-state index in [2.05, 4.69) is 0 Å². The summed E-state index contributed by atoms with van der Waals surface area (Å²) in [6.45, 7) is 6.04. The summed E-state index contributed by atoms with van der Waals surface area (Å²) < 4.78 is 0. The summed E-state index contributed by atoms with van der Waals surface area (Å²) in [7, 11) is 0. The maximum atomic E-state index is 13.0. The van der Waals surface area contributed by atoms with E-state index in [1.165, 1.54) is 16.7 Å². The quantitative estimate of drug-likeness (QED) is 0.775. The fourth-order valence-electron chi connectivity index (χ4n) is 2.64. The summed E-state index contributed by atoms with van der Waals surface area (Å²) in [6, 6.07) is 16.8. The minimum absolute atomic E-state index is 0.216. The highest BCUT2D eigenvalue weighted by molar-refractivity contribution is 8.04. The number of hydrogen-bond donors (Lipinski definition) is 0. The third-order valence-corrected chi connectivity index (χ3v) is 4.84. The van der Waals surface area contributed by atoms with Gasteiger partial charge in [-0.05, 0) is 24.6 Å². The van der Waals surface area contributed by atoms with E-state index in [0.29, 0.717) is 16.2 Å². The first kappa shape index (κ1) is 16.5. The molecule has 1 heterocycles. The van der Waals surface area contributed by atoms with Crippen molar-refractivity contribution >= 4 is 34.8 Å². The zero-order chi connectivity index (χ0) is 17.3. The standard InChI is InChI=1S/C20H19NO2S/c1-13(2)24-18-17(15-11-9-14(3)10-12-15)19(22)21(20(18)23)16-7-5-4-6-8-16/h4-13H,1-3H3. The number of para-hydroxylation sites is 1. The maximum Gasteiger partial charge on any atom is 0.272 e. The van der Waals surface area contributed by atoms with Crippen LogP contribution in [0.2, 0.25) is 0 Å². The zero-order valence-electron chi connectivity index (χ0n) is 13.9. The number of nitrogens with zero attached hydrogens (tertiary/aromatic N) is 1. The number of rotatable bonds is 4. The van der Waals surface area contributed by atoms with Crippen LogP contribution in [0, 0.1) is 6.92 Å². The Labute approximate surface area is 146 Å². The third-order valence-electron chi connectivity index (χ3n) is 3.75. The molecule has 0 N–H and O–H groups in total. The van der Waals surface area contributed by atoms with Crippen molar-refractivity contribution < 1.29 is 9.59 Å². The summed E-state index contributed by atoms with van der Waals surface area (Å²) in [4.78, 5) is 27.8. The summed E-state index contributed by atoms with van der Waals surface area (Å²) in [6.07, 6.45) is 0. The summed E-state index contributed by atoms with van der Waals surface area (Å²) >= 11 is 1.45. The van der Waals surface area contributed by atoms with Crippen molar-refractivity contribution in [2.45, 2.75) is 26.0 Å². The molecule has 0 atom stereocenters. The molecule has 122 valence electrons. The highest BCUT2D eigenvalue weighted by Crippen LogP contribution is 2.39. The lowest BCUT2D eigenvalue weighted by molar-refractivity contribution is -0.119. The van der Waals surface area contributed by atoms with Crippen molar-refractivity contribution in [3.8, 4) is 0 Å². The summed E-state index contributed by atoms with van der Waals surface area (Å²) in [5, 5.41) is 0.216. The largest absolute Gasteiger partial charge is 0.272 e. The van der Waals surface area contributed by atoms with Crippen molar-refractivity contribution in [3.05, 3.63) is 70.6 Å². The van der Waals surface area contributed by atoms with Crippen molar-refractivity contribution in [1.82, 2.24) is 0 Å². The number of amides is 2. The summed E-state index contributed by atoms with van der Waals surface area (Å²) in [5.41, 5.74) is 3.02. The normalized spacial score (nSPS) is 14.9. The molecule has 4 heteroatoms. The Balaban J connectivity index is 2.10. The lowest BCUT2D eigenvalue weighted by Gasteiger charge is -2.15. The Kier molecular flexibility index (Phi) is 4.58. The fraction of sp³-hybridized carbons (Fsp3) is 0.200. The Hall–Kier alpha value is -2.33. The van der Waals surface area contributed by atoms with E-state index in [1.54, 1.807) is 12.1 Å². The van der Waals surface area contributed by atoms with E-state index in [1.807, 2.05) is 63.2 Å². The van der Waals surface area contributed by atoms with Gasteiger partial charge in [-0.1, -0.05) is 61.9 Å². The van der Waals surface area contributed by atoms with Gasteiger partial charge in [-0.3, -0.25) is 9.59 Å². The molecule has 2 amide bonds. The van der Waals surface area contributed by atoms with Gasteiger partial charge in [0.1, 0.15) is 0 Å². The van der Waals surface area contributed by atoms with Crippen molar-refractivity contribution in [3.63, 3.8) is 0 Å². The zero-order valence-corrected chi connectivity index (χ0v) is 14.8. The molecule has 1 aliphatic heterocycles. The molecule has 24 heavy (non-hydrogen) atoms. The second-order valence-electron chi connectivity index (χ2n) is 6.02. The van der Waals surface area contributed by atoms with Gasteiger partial charge in [0.2, 0.25) is 0 Å². The minimum atomic E-state index is -0.252. The summed E-state index contributed by atoms with van der Waals surface area (Å²) in [5.74, 6) is -0.487. The van der Waals surface area contributed by atoms with Crippen LogP contribution in [0.5, 0.6) is 0 Å².